The summed E-state index contributed by atoms with van der Waals surface area (Å²) in [4.78, 5) is 16.2. The second-order valence-corrected chi connectivity index (χ2v) is 5.62. The number of rotatable bonds is 8. The van der Waals surface area contributed by atoms with Gasteiger partial charge in [-0.2, -0.15) is 0 Å². The smallest absolute Gasteiger partial charge is 0.158 e. The molecule has 0 aromatic carbocycles. The monoisotopic (exact) mass is 267 g/mol. The van der Waals surface area contributed by atoms with Crippen molar-refractivity contribution >= 4 is 17.1 Å². The minimum Gasteiger partial charge on any atom is -0.297 e. The van der Waals surface area contributed by atoms with Crippen molar-refractivity contribution < 1.29 is 4.79 Å². The molecule has 0 fully saturated rings. The Hall–Kier alpha value is -0.670. The molecule has 102 valence electrons. The molecule has 0 aliphatic rings. The Kier molecular flexibility index (Phi) is 6.03. The van der Waals surface area contributed by atoms with Crippen LogP contribution in [0.15, 0.2) is 17.5 Å². The van der Waals surface area contributed by atoms with Gasteiger partial charge in [-0.3, -0.25) is 9.69 Å². The summed E-state index contributed by atoms with van der Waals surface area (Å²) in [7, 11) is 0. The van der Waals surface area contributed by atoms with Gasteiger partial charge in [-0.15, -0.1) is 11.3 Å². The summed E-state index contributed by atoms with van der Waals surface area (Å²) >= 11 is 1.68. The van der Waals surface area contributed by atoms with Crippen molar-refractivity contribution in [2.45, 2.75) is 52.5 Å². The molecule has 0 aliphatic heterocycles. The van der Waals surface area contributed by atoms with E-state index in [0.717, 1.165) is 25.9 Å². The number of Topliss-reactive ketones (excluding diaryl/α,β-unsaturated/α-hetero) is 1. The van der Waals surface area contributed by atoms with Crippen molar-refractivity contribution in [3.05, 3.63) is 22.4 Å². The van der Waals surface area contributed by atoms with Crippen LogP contribution in [0.3, 0.4) is 0 Å². The summed E-state index contributed by atoms with van der Waals surface area (Å²) in [6.45, 7) is 10.4. The molecule has 0 atom stereocenters. The Labute approximate surface area is 115 Å². The highest BCUT2D eigenvalue weighted by atomic mass is 32.1. The van der Waals surface area contributed by atoms with Crippen molar-refractivity contribution in [1.29, 1.82) is 0 Å². The van der Waals surface area contributed by atoms with Crippen molar-refractivity contribution in [2.75, 3.05) is 13.1 Å². The van der Waals surface area contributed by atoms with Crippen LogP contribution in [0.5, 0.6) is 0 Å². The summed E-state index contributed by atoms with van der Waals surface area (Å²) < 4.78 is 0. The maximum absolute atomic E-state index is 12.7. The van der Waals surface area contributed by atoms with Gasteiger partial charge in [0.25, 0.3) is 0 Å². The van der Waals surface area contributed by atoms with E-state index in [1.807, 2.05) is 11.4 Å². The molecule has 0 aliphatic carbocycles. The lowest BCUT2D eigenvalue weighted by Gasteiger charge is -2.41. The maximum Gasteiger partial charge on any atom is 0.158 e. The van der Waals surface area contributed by atoms with E-state index in [2.05, 4.69) is 38.7 Å². The Morgan fingerprint density at radius 1 is 1.22 bits per heavy atom. The van der Waals surface area contributed by atoms with E-state index in [1.54, 1.807) is 11.3 Å². The topological polar surface area (TPSA) is 20.3 Å². The quantitative estimate of drug-likeness (QED) is 0.715. The zero-order valence-corrected chi connectivity index (χ0v) is 12.8. The van der Waals surface area contributed by atoms with E-state index in [-0.39, 0.29) is 5.54 Å². The van der Waals surface area contributed by atoms with Gasteiger partial charge >= 0.3 is 0 Å². The van der Waals surface area contributed by atoms with E-state index in [4.69, 9.17) is 0 Å². The fourth-order valence-corrected chi connectivity index (χ4v) is 3.54. The molecule has 18 heavy (non-hydrogen) atoms. The van der Waals surface area contributed by atoms with Gasteiger partial charge in [0.15, 0.2) is 5.78 Å². The summed E-state index contributed by atoms with van der Waals surface area (Å²) in [5.74, 6) is 0.374. The Morgan fingerprint density at radius 3 is 2.22 bits per heavy atom. The molecule has 0 saturated heterocycles. The predicted molar refractivity (Wildman–Crippen MR) is 79.3 cm³/mol. The Bertz CT molecular complexity index is 351. The molecule has 1 rings (SSSR count). The van der Waals surface area contributed by atoms with Crippen molar-refractivity contribution in [3.63, 3.8) is 0 Å². The second-order valence-electron chi connectivity index (χ2n) is 4.59. The zero-order chi connectivity index (χ0) is 13.6. The van der Waals surface area contributed by atoms with Crippen LogP contribution in [0.1, 0.15) is 45.4 Å². The molecule has 0 unspecified atom stereocenters. The highest BCUT2D eigenvalue weighted by Gasteiger charge is 2.38. The molecule has 1 heterocycles. The van der Waals surface area contributed by atoms with E-state index in [1.165, 1.54) is 4.88 Å². The Balaban J connectivity index is 2.92. The fourth-order valence-electron chi connectivity index (χ4n) is 2.83. The van der Waals surface area contributed by atoms with E-state index in [0.29, 0.717) is 12.2 Å². The van der Waals surface area contributed by atoms with E-state index in [9.17, 15) is 4.79 Å². The first-order valence-electron chi connectivity index (χ1n) is 6.95. The number of nitrogens with zero attached hydrogens (tertiary/aromatic N) is 1. The maximum atomic E-state index is 12.7. The van der Waals surface area contributed by atoms with Gasteiger partial charge in [-0.05, 0) is 37.4 Å². The van der Waals surface area contributed by atoms with Crippen LogP contribution in [0, 0.1) is 0 Å². The molecule has 0 bridgehead atoms. The highest BCUT2D eigenvalue weighted by Crippen LogP contribution is 2.27. The lowest BCUT2D eigenvalue weighted by Crippen LogP contribution is -2.54. The number of hydrogen-bond donors (Lipinski definition) is 0. The molecular weight excluding hydrogens is 242 g/mol. The molecule has 0 radical (unpaired) electrons. The second kappa shape index (κ2) is 7.05. The van der Waals surface area contributed by atoms with E-state index >= 15 is 0 Å². The van der Waals surface area contributed by atoms with Crippen LogP contribution < -0.4 is 0 Å². The molecule has 2 nitrogen and oxygen atoms in total. The predicted octanol–water partition coefficient (Wildman–Crippen LogP) is 3.76. The molecular formula is C15H25NOS. The van der Waals surface area contributed by atoms with Gasteiger partial charge < -0.3 is 0 Å². The molecule has 0 N–H and O–H groups in total. The van der Waals surface area contributed by atoms with E-state index < -0.39 is 0 Å². The first-order chi connectivity index (χ1) is 8.64. The average molecular weight is 267 g/mol. The largest absolute Gasteiger partial charge is 0.297 e. The van der Waals surface area contributed by atoms with Crippen LogP contribution in [0.25, 0.3) is 0 Å². The van der Waals surface area contributed by atoms with Crippen LogP contribution >= 0.6 is 11.3 Å². The van der Waals surface area contributed by atoms with Crippen molar-refractivity contribution in [3.8, 4) is 0 Å². The van der Waals surface area contributed by atoms with Crippen molar-refractivity contribution in [2.24, 2.45) is 0 Å². The molecule has 0 amide bonds. The first kappa shape index (κ1) is 15.4. The summed E-state index contributed by atoms with van der Waals surface area (Å²) in [6.07, 6.45) is 2.38. The lowest BCUT2D eigenvalue weighted by atomic mass is 9.84. The summed E-state index contributed by atoms with van der Waals surface area (Å²) in [5, 5.41) is 2.04. The highest BCUT2D eigenvalue weighted by molar-refractivity contribution is 7.10. The Morgan fingerprint density at radius 2 is 1.83 bits per heavy atom. The van der Waals surface area contributed by atoms with Gasteiger partial charge in [0.2, 0.25) is 0 Å². The average Bonchev–Trinajstić information content (AvgIpc) is 2.88. The van der Waals surface area contributed by atoms with Gasteiger partial charge in [-0.1, -0.05) is 33.8 Å². The number of thiophene rings is 1. The minimum atomic E-state index is -0.270. The van der Waals surface area contributed by atoms with Gasteiger partial charge in [0.1, 0.15) is 0 Å². The number of hydrogen-bond acceptors (Lipinski definition) is 3. The minimum absolute atomic E-state index is 0.270. The van der Waals surface area contributed by atoms with Crippen LogP contribution in [0.4, 0.5) is 0 Å². The van der Waals surface area contributed by atoms with Crippen LogP contribution in [0.2, 0.25) is 0 Å². The van der Waals surface area contributed by atoms with Gasteiger partial charge in [0, 0.05) is 11.3 Å². The SMILES string of the molecule is CCN(CC)C(CC)(CC)C(=O)Cc1cccs1. The number of likely N-dealkylation sites (N-methyl/N-ethyl adjacent to an activating group) is 1. The lowest BCUT2D eigenvalue weighted by molar-refractivity contribution is -0.131. The number of carbonyl (C=O) groups is 1. The summed E-state index contributed by atoms with van der Waals surface area (Å²) in [5.41, 5.74) is -0.270. The third-order valence-electron chi connectivity index (χ3n) is 3.97. The number of ketones is 1. The summed E-state index contributed by atoms with van der Waals surface area (Å²) in [6, 6.07) is 4.07. The van der Waals surface area contributed by atoms with Gasteiger partial charge in [-0.25, -0.2) is 0 Å². The molecule has 1 aromatic heterocycles. The first-order valence-corrected chi connectivity index (χ1v) is 7.83. The van der Waals surface area contributed by atoms with Crippen molar-refractivity contribution in [1.82, 2.24) is 4.90 Å². The van der Waals surface area contributed by atoms with Crippen LogP contribution in [-0.2, 0) is 11.2 Å². The fraction of sp³-hybridized carbons (Fsp3) is 0.667. The zero-order valence-electron chi connectivity index (χ0n) is 12.0. The molecule has 3 heteroatoms. The standard InChI is InChI=1S/C15H25NOS/c1-5-15(6-2,16(7-3)8-4)14(17)12-13-10-9-11-18-13/h9-11H,5-8,12H2,1-4H3. The third-order valence-corrected chi connectivity index (χ3v) is 4.85. The molecule has 0 saturated carbocycles. The van der Waals surface area contributed by atoms with Crippen LogP contribution in [-0.4, -0.2) is 29.3 Å². The number of carbonyl (C=O) groups excluding carboxylic acids is 1. The third kappa shape index (κ3) is 3.01. The molecule has 0 spiro atoms. The normalized spacial score (nSPS) is 12.1. The molecule has 1 aromatic rings. The van der Waals surface area contributed by atoms with Gasteiger partial charge in [0.05, 0.1) is 5.54 Å².